The Labute approximate surface area is 249 Å². The largest absolute Gasteiger partial charge is 0.378 e. The summed E-state index contributed by atoms with van der Waals surface area (Å²) in [6.07, 6.45) is 0. The van der Waals surface area contributed by atoms with Gasteiger partial charge in [0.05, 0.1) is 16.6 Å². The van der Waals surface area contributed by atoms with Gasteiger partial charge in [0.1, 0.15) is 17.6 Å². The molecule has 3 atom stereocenters. The monoisotopic (exact) mass is 602 g/mol. The molecule has 2 aliphatic rings. The van der Waals surface area contributed by atoms with Crippen molar-refractivity contribution in [3.63, 3.8) is 0 Å². The SMILES string of the molecule is Cc1cccc(NC(=O)Cn2c3c(sc2=O)[C@@H](c2ccc(N(C)C)cc2)[C@@H]2C(=O)N(c4ccc(F)cc4)C(=O)[C@@H]2S3)c1. The number of carbonyl (C=O) groups is 3. The number of hydrogen-bond acceptors (Lipinski definition) is 7. The average molecular weight is 603 g/mol. The number of amides is 3. The van der Waals surface area contributed by atoms with E-state index in [1.165, 1.54) is 28.8 Å². The maximum atomic E-state index is 13.9. The van der Waals surface area contributed by atoms with Crippen LogP contribution in [0.5, 0.6) is 0 Å². The highest BCUT2D eigenvalue weighted by molar-refractivity contribution is 8.00. The Kier molecular flexibility index (Phi) is 7.24. The summed E-state index contributed by atoms with van der Waals surface area (Å²) in [5.41, 5.74) is 3.65. The van der Waals surface area contributed by atoms with Crippen LogP contribution < -0.4 is 20.0 Å². The Morgan fingerprint density at radius 3 is 2.36 bits per heavy atom. The maximum Gasteiger partial charge on any atom is 0.308 e. The first kappa shape index (κ1) is 27.9. The third-order valence-corrected chi connectivity index (χ3v) is 10.1. The molecule has 0 unspecified atom stereocenters. The van der Waals surface area contributed by atoms with Crippen LogP contribution in [-0.2, 0) is 20.9 Å². The van der Waals surface area contributed by atoms with Gasteiger partial charge in [-0.25, -0.2) is 9.29 Å². The molecule has 6 rings (SSSR count). The van der Waals surface area contributed by atoms with Crippen LogP contribution in [0.15, 0.2) is 82.6 Å². The predicted octanol–water partition coefficient (Wildman–Crippen LogP) is 4.86. The molecular weight excluding hydrogens is 575 g/mol. The lowest BCUT2D eigenvalue weighted by Crippen LogP contribution is -2.33. The van der Waals surface area contributed by atoms with Gasteiger partial charge in [-0.15, -0.1) is 0 Å². The van der Waals surface area contributed by atoms with Crippen LogP contribution in [0, 0.1) is 18.7 Å². The van der Waals surface area contributed by atoms with Crippen LogP contribution in [0.4, 0.5) is 21.5 Å². The van der Waals surface area contributed by atoms with Gasteiger partial charge in [0.25, 0.3) is 0 Å². The van der Waals surface area contributed by atoms with Gasteiger partial charge in [-0.3, -0.25) is 23.7 Å². The van der Waals surface area contributed by atoms with E-state index in [0.717, 1.165) is 44.8 Å². The zero-order valence-corrected chi connectivity index (χ0v) is 24.7. The molecule has 3 heterocycles. The Hall–Kier alpha value is -4.22. The van der Waals surface area contributed by atoms with E-state index in [-0.39, 0.29) is 17.3 Å². The number of fused-ring (bicyclic) bond motifs is 2. The molecule has 42 heavy (non-hydrogen) atoms. The van der Waals surface area contributed by atoms with Crippen molar-refractivity contribution in [2.75, 3.05) is 29.2 Å². The second-order valence-corrected chi connectivity index (χ2v) is 12.7. The van der Waals surface area contributed by atoms with E-state index in [2.05, 4.69) is 5.32 Å². The molecule has 0 radical (unpaired) electrons. The van der Waals surface area contributed by atoms with E-state index in [1.807, 2.05) is 68.4 Å². The average Bonchev–Trinajstić information content (AvgIpc) is 3.40. The maximum absolute atomic E-state index is 13.9. The van der Waals surface area contributed by atoms with Gasteiger partial charge in [-0.05, 0) is 66.6 Å². The lowest BCUT2D eigenvalue weighted by atomic mass is 9.83. The summed E-state index contributed by atoms with van der Waals surface area (Å²) in [5.74, 6) is -3.04. The molecular formula is C31H27FN4O4S2. The molecule has 3 aromatic carbocycles. The fourth-order valence-corrected chi connectivity index (χ4v) is 8.28. The van der Waals surface area contributed by atoms with E-state index in [1.54, 1.807) is 6.07 Å². The van der Waals surface area contributed by atoms with Crippen molar-refractivity contribution in [1.82, 2.24) is 4.57 Å². The van der Waals surface area contributed by atoms with Crippen molar-refractivity contribution in [3.8, 4) is 0 Å². The van der Waals surface area contributed by atoms with E-state index in [0.29, 0.717) is 21.3 Å². The quantitative estimate of drug-likeness (QED) is 0.317. The molecule has 0 spiro atoms. The Morgan fingerprint density at radius 1 is 0.976 bits per heavy atom. The van der Waals surface area contributed by atoms with Crippen molar-refractivity contribution >= 4 is 57.9 Å². The van der Waals surface area contributed by atoms with Crippen LogP contribution >= 0.6 is 23.1 Å². The number of carbonyl (C=O) groups excluding carboxylic acids is 3. The van der Waals surface area contributed by atoms with Gasteiger partial charge in [0, 0.05) is 36.3 Å². The van der Waals surface area contributed by atoms with Gasteiger partial charge >= 0.3 is 4.87 Å². The highest BCUT2D eigenvalue weighted by Gasteiger charge is 2.56. The first-order valence-corrected chi connectivity index (χ1v) is 15.0. The van der Waals surface area contributed by atoms with E-state index in [4.69, 9.17) is 0 Å². The lowest BCUT2D eigenvalue weighted by Gasteiger charge is -2.31. The van der Waals surface area contributed by atoms with Crippen LogP contribution in [0.1, 0.15) is 21.9 Å². The van der Waals surface area contributed by atoms with E-state index >= 15 is 0 Å². The minimum absolute atomic E-state index is 0.237. The fourth-order valence-electron chi connectivity index (χ4n) is 5.51. The molecule has 2 aliphatic heterocycles. The van der Waals surface area contributed by atoms with Crippen molar-refractivity contribution in [2.45, 2.75) is 29.7 Å². The smallest absolute Gasteiger partial charge is 0.308 e. The number of halogens is 1. The van der Waals surface area contributed by atoms with Gasteiger partial charge in [0.2, 0.25) is 17.7 Å². The molecule has 0 saturated carbocycles. The third-order valence-electron chi connectivity index (χ3n) is 7.51. The Morgan fingerprint density at radius 2 is 1.69 bits per heavy atom. The summed E-state index contributed by atoms with van der Waals surface area (Å²) >= 11 is 2.14. The first-order valence-electron chi connectivity index (χ1n) is 13.3. The molecule has 1 N–H and O–H groups in total. The zero-order chi connectivity index (χ0) is 29.7. The third kappa shape index (κ3) is 4.92. The molecule has 3 amide bonds. The van der Waals surface area contributed by atoms with Gasteiger partial charge in [-0.2, -0.15) is 0 Å². The summed E-state index contributed by atoms with van der Waals surface area (Å²) < 4.78 is 15.1. The summed E-state index contributed by atoms with van der Waals surface area (Å²) in [5, 5.41) is 2.53. The van der Waals surface area contributed by atoms with E-state index < -0.39 is 34.7 Å². The highest BCUT2D eigenvalue weighted by atomic mass is 32.2. The molecule has 4 aromatic rings. The molecule has 0 aliphatic carbocycles. The van der Waals surface area contributed by atoms with Crippen LogP contribution in [0.2, 0.25) is 0 Å². The summed E-state index contributed by atoms with van der Waals surface area (Å²) in [6.45, 7) is 1.68. The normalized spacial score (nSPS) is 19.4. The predicted molar refractivity (Wildman–Crippen MR) is 163 cm³/mol. The molecule has 11 heteroatoms. The van der Waals surface area contributed by atoms with Crippen LogP contribution in [-0.4, -0.2) is 41.6 Å². The number of nitrogens with zero attached hydrogens (tertiary/aromatic N) is 3. The molecule has 0 bridgehead atoms. The number of nitrogens with one attached hydrogen (secondary N) is 1. The van der Waals surface area contributed by atoms with Crippen molar-refractivity contribution < 1.29 is 18.8 Å². The molecule has 1 aromatic heterocycles. The lowest BCUT2D eigenvalue weighted by molar-refractivity contribution is -0.122. The second kappa shape index (κ2) is 10.9. The minimum Gasteiger partial charge on any atom is -0.378 e. The zero-order valence-electron chi connectivity index (χ0n) is 23.0. The number of aryl methyl sites for hydroxylation is 1. The number of benzene rings is 3. The van der Waals surface area contributed by atoms with Crippen LogP contribution in [0.3, 0.4) is 0 Å². The van der Waals surface area contributed by atoms with Gasteiger partial charge in [-0.1, -0.05) is 47.4 Å². The number of thioether (sulfide) groups is 1. The number of hydrogen-bond donors (Lipinski definition) is 1. The van der Waals surface area contributed by atoms with E-state index in [9.17, 15) is 23.6 Å². The first-order chi connectivity index (χ1) is 20.1. The number of imide groups is 1. The van der Waals surface area contributed by atoms with Gasteiger partial charge < -0.3 is 10.2 Å². The summed E-state index contributed by atoms with van der Waals surface area (Å²) in [7, 11) is 3.85. The minimum atomic E-state index is -0.825. The number of anilines is 3. The molecule has 1 saturated heterocycles. The number of aromatic nitrogens is 1. The standard InChI is InChI=1S/C31H27FN4O4S2/c1-17-5-4-6-20(15-17)33-23(37)16-35-30-27(42-31(35)40)24(18-7-11-21(12-8-18)34(2)3)25-26(41-30)29(39)36(28(25)38)22-13-9-19(32)10-14-22/h4-15,24-26H,16H2,1-3H3,(H,33,37)/t24-,25-,26+/m0/s1. The summed E-state index contributed by atoms with van der Waals surface area (Å²) in [6, 6.07) is 20.3. The molecule has 1 fully saturated rings. The molecule has 214 valence electrons. The summed E-state index contributed by atoms with van der Waals surface area (Å²) in [4.78, 5) is 57.5. The number of rotatable bonds is 6. The van der Waals surface area contributed by atoms with Crippen LogP contribution in [0.25, 0.3) is 0 Å². The second-order valence-electron chi connectivity index (χ2n) is 10.6. The fraction of sp³-hybridized carbons (Fsp3) is 0.226. The van der Waals surface area contributed by atoms with Crippen molar-refractivity contribution in [2.24, 2.45) is 5.92 Å². The highest BCUT2D eigenvalue weighted by Crippen LogP contribution is 2.54. The Bertz CT molecular complexity index is 1760. The van der Waals surface area contributed by atoms with Crippen molar-refractivity contribution in [3.05, 3.63) is 104 Å². The molecule has 8 nitrogen and oxygen atoms in total. The van der Waals surface area contributed by atoms with Crippen molar-refractivity contribution in [1.29, 1.82) is 0 Å². The number of thiazole rings is 1. The Balaban J connectivity index is 1.41. The van der Waals surface area contributed by atoms with Gasteiger partial charge in [0.15, 0.2) is 0 Å². The topological polar surface area (TPSA) is 91.7 Å².